The molecule has 5 heteroatoms. The van der Waals surface area contributed by atoms with Crippen LogP contribution in [0.1, 0.15) is 23.8 Å². The zero-order chi connectivity index (χ0) is 11.5. The highest BCUT2D eigenvalue weighted by molar-refractivity contribution is 5.85. The number of carboxylic acid groups (broad SMARTS) is 1. The second-order valence-corrected chi connectivity index (χ2v) is 3.84. The molecule has 0 unspecified atom stereocenters. The number of anilines is 1. The van der Waals surface area contributed by atoms with Gasteiger partial charge in [-0.1, -0.05) is 11.6 Å². The number of rotatable bonds is 2. The van der Waals surface area contributed by atoms with Crippen molar-refractivity contribution >= 4 is 11.8 Å². The lowest BCUT2D eigenvalue weighted by atomic mass is 10.1. The molecule has 1 aromatic rings. The summed E-state index contributed by atoms with van der Waals surface area (Å²) >= 11 is 0. The second kappa shape index (κ2) is 4.30. The Hall–Kier alpha value is -1.91. The number of aromatic carboxylic acids is 1. The lowest BCUT2D eigenvalue weighted by molar-refractivity contribution is 0.0689. The molecule has 16 heavy (non-hydrogen) atoms. The van der Waals surface area contributed by atoms with E-state index >= 15 is 0 Å². The predicted octanol–water partition coefficient (Wildman–Crippen LogP) is 1.33. The molecule has 84 valence electrons. The van der Waals surface area contributed by atoms with E-state index in [9.17, 15) is 4.79 Å². The normalized spacial score (nSPS) is 15.8. The van der Waals surface area contributed by atoms with Crippen molar-refractivity contribution in [3.8, 4) is 0 Å². The van der Waals surface area contributed by atoms with Crippen LogP contribution in [0.25, 0.3) is 0 Å². The molecule has 0 atom stereocenters. The Labute approximate surface area is 93.4 Å². The van der Waals surface area contributed by atoms with Crippen molar-refractivity contribution in [3.05, 3.63) is 29.5 Å². The van der Waals surface area contributed by atoms with E-state index in [1.807, 2.05) is 0 Å². The summed E-state index contributed by atoms with van der Waals surface area (Å²) in [5.41, 5.74) is 1.28. The van der Waals surface area contributed by atoms with E-state index in [1.54, 1.807) is 6.07 Å². The Morgan fingerprint density at radius 2 is 2.25 bits per heavy atom. The summed E-state index contributed by atoms with van der Waals surface area (Å²) in [5, 5.41) is 16.3. The van der Waals surface area contributed by atoms with Crippen LogP contribution in [0.4, 0.5) is 5.82 Å². The molecule has 0 radical (unpaired) electrons. The summed E-state index contributed by atoms with van der Waals surface area (Å²) < 4.78 is 0. The Balaban J connectivity index is 2.16. The van der Waals surface area contributed by atoms with Gasteiger partial charge in [0.25, 0.3) is 0 Å². The Bertz CT molecular complexity index is 425. The lowest BCUT2D eigenvalue weighted by Crippen LogP contribution is -2.30. The minimum atomic E-state index is -1.05. The van der Waals surface area contributed by atoms with Gasteiger partial charge in [-0.2, -0.15) is 0 Å². The minimum Gasteiger partial charge on any atom is -0.476 e. The van der Waals surface area contributed by atoms with Gasteiger partial charge >= 0.3 is 5.97 Å². The molecule has 1 aliphatic rings. The third-order valence-electron chi connectivity index (χ3n) is 2.53. The molecule has 1 aromatic heterocycles. The van der Waals surface area contributed by atoms with Gasteiger partial charge in [0.05, 0.1) is 0 Å². The molecule has 0 bridgehead atoms. The fourth-order valence-electron chi connectivity index (χ4n) is 1.71. The molecule has 1 aliphatic heterocycles. The van der Waals surface area contributed by atoms with E-state index in [0.717, 1.165) is 25.3 Å². The molecule has 0 spiro atoms. The summed E-state index contributed by atoms with van der Waals surface area (Å²) in [7, 11) is 0. The SMILES string of the molecule is CC1=CCCN(c2ccc(C(=O)O)nn2)C1. The first-order valence-electron chi connectivity index (χ1n) is 5.14. The number of aromatic nitrogens is 2. The third kappa shape index (κ3) is 2.18. The zero-order valence-electron chi connectivity index (χ0n) is 9.05. The van der Waals surface area contributed by atoms with E-state index in [2.05, 4.69) is 28.1 Å². The van der Waals surface area contributed by atoms with Gasteiger partial charge in [-0.3, -0.25) is 0 Å². The van der Waals surface area contributed by atoms with Crippen LogP contribution in [0.3, 0.4) is 0 Å². The monoisotopic (exact) mass is 219 g/mol. The van der Waals surface area contributed by atoms with Gasteiger partial charge in [-0.25, -0.2) is 4.79 Å². The average molecular weight is 219 g/mol. The van der Waals surface area contributed by atoms with E-state index in [4.69, 9.17) is 5.11 Å². The number of carboxylic acids is 1. The van der Waals surface area contributed by atoms with Crippen LogP contribution >= 0.6 is 0 Å². The van der Waals surface area contributed by atoms with Crippen molar-refractivity contribution in [1.82, 2.24) is 10.2 Å². The largest absolute Gasteiger partial charge is 0.476 e. The Morgan fingerprint density at radius 3 is 2.81 bits per heavy atom. The van der Waals surface area contributed by atoms with Crippen molar-refractivity contribution in [1.29, 1.82) is 0 Å². The summed E-state index contributed by atoms with van der Waals surface area (Å²) in [5.74, 6) is -0.314. The highest BCUT2D eigenvalue weighted by atomic mass is 16.4. The molecule has 0 aromatic carbocycles. The standard InChI is InChI=1S/C11H13N3O2/c1-8-3-2-6-14(7-8)10-5-4-9(11(15)16)12-13-10/h3-5H,2,6-7H2,1H3,(H,15,16). The van der Waals surface area contributed by atoms with Crippen LogP contribution in [0.5, 0.6) is 0 Å². The minimum absolute atomic E-state index is 0.0203. The fourth-order valence-corrected chi connectivity index (χ4v) is 1.71. The summed E-state index contributed by atoms with van der Waals surface area (Å²) in [4.78, 5) is 12.7. The topological polar surface area (TPSA) is 66.3 Å². The quantitative estimate of drug-likeness (QED) is 0.760. The van der Waals surface area contributed by atoms with Crippen LogP contribution < -0.4 is 4.90 Å². The average Bonchev–Trinajstić information content (AvgIpc) is 2.29. The first-order chi connectivity index (χ1) is 7.66. The highest BCUT2D eigenvalue weighted by Gasteiger charge is 2.13. The van der Waals surface area contributed by atoms with Crippen molar-refractivity contribution in [2.45, 2.75) is 13.3 Å². The predicted molar refractivity (Wildman–Crippen MR) is 59.6 cm³/mol. The lowest BCUT2D eigenvalue weighted by Gasteiger charge is -2.26. The maximum absolute atomic E-state index is 10.6. The van der Waals surface area contributed by atoms with Crippen LogP contribution in [0, 0.1) is 0 Å². The molecule has 5 nitrogen and oxygen atoms in total. The van der Waals surface area contributed by atoms with Crippen molar-refractivity contribution in [3.63, 3.8) is 0 Å². The van der Waals surface area contributed by atoms with Crippen LogP contribution in [-0.4, -0.2) is 34.4 Å². The summed E-state index contributed by atoms with van der Waals surface area (Å²) in [6.45, 7) is 3.81. The fraction of sp³-hybridized carbons (Fsp3) is 0.364. The molecule has 0 fully saturated rings. The van der Waals surface area contributed by atoms with Crippen molar-refractivity contribution in [2.24, 2.45) is 0 Å². The maximum atomic E-state index is 10.6. The first kappa shape index (κ1) is 10.6. The van der Waals surface area contributed by atoms with Gasteiger partial charge in [0.15, 0.2) is 11.5 Å². The molecule has 0 amide bonds. The van der Waals surface area contributed by atoms with Gasteiger partial charge in [0, 0.05) is 13.1 Å². The summed E-state index contributed by atoms with van der Waals surface area (Å²) in [6.07, 6.45) is 3.20. The highest BCUT2D eigenvalue weighted by Crippen LogP contribution is 2.16. The van der Waals surface area contributed by atoms with E-state index in [0.29, 0.717) is 0 Å². The first-order valence-corrected chi connectivity index (χ1v) is 5.14. The number of carbonyl (C=O) groups is 1. The molecular weight excluding hydrogens is 206 g/mol. The Morgan fingerprint density at radius 1 is 1.44 bits per heavy atom. The smallest absolute Gasteiger partial charge is 0.356 e. The van der Waals surface area contributed by atoms with Crippen molar-refractivity contribution in [2.75, 3.05) is 18.0 Å². The number of hydrogen-bond donors (Lipinski definition) is 1. The van der Waals surface area contributed by atoms with Crippen molar-refractivity contribution < 1.29 is 9.90 Å². The molecule has 2 rings (SSSR count). The number of hydrogen-bond acceptors (Lipinski definition) is 4. The van der Waals surface area contributed by atoms with E-state index < -0.39 is 5.97 Å². The Kier molecular flexibility index (Phi) is 2.85. The van der Waals surface area contributed by atoms with Gasteiger partial charge in [0.2, 0.25) is 0 Å². The summed E-state index contributed by atoms with van der Waals surface area (Å²) in [6, 6.07) is 3.19. The van der Waals surface area contributed by atoms with Gasteiger partial charge in [-0.15, -0.1) is 10.2 Å². The van der Waals surface area contributed by atoms with E-state index in [-0.39, 0.29) is 5.69 Å². The maximum Gasteiger partial charge on any atom is 0.356 e. The molecule has 0 saturated heterocycles. The number of nitrogens with zero attached hydrogens (tertiary/aromatic N) is 3. The van der Waals surface area contributed by atoms with Crippen LogP contribution in [-0.2, 0) is 0 Å². The molecule has 0 aliphatic carbocycles. The molecule has 0 saturated carbocycles. The van der Waals surface area contributed by atoms with Gasteiger partial charge < -0.3 is 10.0 Å². The molecule has 1 N–H and O–H groups in total. The molecular formula is C11H13N3O2. The van der Waals surface area contributed by atoms with Gasteiger partial charge in [0.1, 0.15) is 0 Å². The second-order valence-electron chi connectivity index (χ2n) is 3.84. The third-order valence-corrected chi connectivity index (χ3v) is 2.53. The van der Waals surface area contributed by atoms with Gasteiger partial charge in [-0.05, 0) is 25.5 Å². The zero-order valence-corrected chi connectivity index (χ0v) is 9.05. The van der Waals surface area contributed by atoms with Crippen LogP contribution in [0.2, 0.25) is 0 Å². The van der Waals surface area contributed by atoms with E-state index in [1.165, 1.54) is 11.6 Å². The molecule has 2 heterocycles. The van der Waals surface area contributed by atoms with Crippen LogP contribution in [0.15, 0.2) is 23.8 Å².